The Kier molecular flexibility index (Phi) is 3.63. The van der Waals surface area contributed by atoms with Crippen LogP contribution < -0.4 is 5.73 Å². The topological polar surface area (TPSA) is 61.2 Å². The van der Waals surface area contributed by atoms with Crippen molar-refractivity contribution in [3.63, 3.8) is 0 Å². The molecule has 1 aromatic heterocycles. The molecule has 0 radical (unpaired) electrons. The molecule has 1 heterocycles. The molecule has 21 heavy (non-hydrogen) atoms. The van der Waals surface area contributed by atoms with Gasteiger partial charge in [-0.2, -0.15) is 0 Å². The van der Waals surface area contributed by atoms with E-state index >= 15 is 0 Å². The van der Waals surface area contributed by atoms with E-state index in [9.17, 15) is 0 Å². The van der Waals surface area contributed by atoms with Crippen molar-refractivity contribution in [2.75, 3.05) is 33.4 Å². The number of aromatic amines is 1. The summed E-state index contributed by atoms with van der Waals surface area (Å²) in [5.74, 6) is 1.01. The second kappa shape index (κ2) is 5.31. The second-order valence-corrected chi connectivity index (χ2v) is 6.60. The van der Waals surface area contributed by atoms with E-state index < -0.39 is 0 Å². The van der Waals surface area contributed by atoms with Crippen LogP contribution in [0, 0.1) is 0 Å². The van der Waals surface area contributed by atoms with Gasteiger partial charge in [-0.3, -0.25) is 4.90 Å². The zero-order valence-electron chi connectivity index (χ0n) is 13.2. The van der Waals surface area contributed by atoms with Crippen molar-refractivity contribution in [2.24, 2.45) is 0 Å². The number of nitrogens with zero attached hydrogens (tertiary/aromatic N) is 3. The average Bonchev–Trinajstić information content (AvgIpc) is 2.74. The molecule has 0 amide bonds. The highest BCUT2D eigenvalue weighted by molar-refractivity contribution is 5.78. The number of rotatable bonds is 5. The van der Waals surface area contributed by atoms with E-state index in [4.69, 9.17) is 5.73 Å². The minimum Gasteiger partial charge on any atom is -0.399 e. The summed E-state index contributed by atoms with van der Waals surface area (Å²) in [5, 5.41) is 0. The molecule has 0 saturated heterocycles. The number of nitrogen functional groups attached to an aromatic ring is 1. The van der Waals surface area contributed by atoms with Crippen LogP contribution in [0.5, 0.6) is 0 Å². The van der Waals surface area contributed by atoms with Crippen LogP contribution in [-0.4, -0.2) is 53.0 Å². The quantitative estimate of drug-likeness (QED) is 0.826. The summed E-state index contributed by atoms with van der Waals surface area (Å²) in [4.78, 5) is 12.8. The summed E-state index contributed by atoms with van der Waals surface area (Å²) in [6, 6.07) is 5.81. The minimum absolute atomic E-state index is 0.352. The van der Waals surface area contributed by atoms with E-state index in [1.54, 1.807) is 0 Å². The third-order valence-corrected chi connectivity index (χ3v) is 4.77. The Bertz CT molecular complexity index is 627. The molecule has 3 rings (SSSR count). The Morgan fingerprint density at radius 3 is 2.67 bits per heavy atom. The third-order valence-electron chi connectivity index (χ3n) is 4.77. The lowest BCUT2D eigenvalue weighted by atomic mass is 9.75. The first-order chi connectivity index (χ1) is 9.98. The molecule has 0 atom stereocenters. The SMILES string of the molecule is CN(Cc1nc2ccc(N)cc2[nH]1)CC1(N(C)C)CCC1. The highest BCUT2D eigenvalue weighted by Crippen LogP contribution is 2.36. The molecule has 0 spiro atoms. The Balaban J connectivity index is 1.69. The van der Waals surface area contributed by atoms with E-state index in [1.807, 2.05) is 18.2 Å². The van der Waals surface area contributed by atoms with Gasteiger partial charge in [-0.05, 0) is 58.6 Å². The van der Waals surface area contributed by atoms with Crippen molar-refractivity contribution in [3.05, 3.63) is 24.0 Å². The third kappa shape index (κ3) is 2.76. The Labute approximate surface area is 126 Å². The predicted molar refractivity (Wildman–Crippen MR) is 87.1 cm³/mol. The van der Waals surface area contributed by atoms with E-state index in [-0.39, 0.29) is 0 Å². The molecule has 2 aromatic rings. The number of benzene rings is 1. The van der Waals surface area contributed by atoms with Crippen LogP contribution in [0.2, 0.25) is 0 Å². The molecule has 5 heteroatoms. The zero-order chi connectivity index (χ0) is 15.0. The molecule has 0 aliphatic heterocycles. The summed E-state index contributed by atoms with van der Waals surface area (Å²) in [6.45, 7) is 1.92. The van der Waals surface area contributed by atoms with Crippen LogP contribution in [-0.2, 0) is 6.54 Å². The summed E-state index contributed by atoms with van der Waals surface area (Å²) in [5.41, 5.74) is 8.94. The second-order valence-electron chi connectivity index (χ2n) is 6.60. The van der Waals surface area contributed by atoms with Crippen LogP contribution in [0.3, 0.4) is 0 Å². The first-order valence-electron chi connectivity index (χ1n) is 7.59. The first kappa shape index (κ1) is 14.4. The zero-order valence-corrected chi connectivity index (χ0v) is 13.2. The van der Waals surface area contributed by atoms with Crippen LogP contribution in [0.1, 0.15) is 25.1 Å². The van der Waals surface area contributed by atoms with Gasteiger partial charge in [0.2, 0.25) is 0 Å². The number of nitrogens with two attached hydrogens (primary N) is 1. The Morgan fingerprint density at radius 1 is 1.29 bits per heavy atom. The number of nitrogens with one attached hydrogen (secondary N) is 1. The van der Waals surface area contributed by atoms with Gasteiger partial charge in [0.15, 0.2) is 0 Å². The maximum Gasteiger partial charge on any atom is 0.121 e. The van der Waals surface area contributed by atoms with Crippen LogP contribution in [0.15, 0.2) is 18.2 Å². The van der Waals surface area contributed by atoms with Gasteiger partial charge in [0.25, 0.3) is 0 Å². The number of aromatic nitrogens is 2. The number of imidazole rings is 1. The van der Waals surface area contributed by atoms with Crippen molar-refractivity contribution >= 4 is 16.7 Å². The largest absolute Gasteiger partial charge is 0.399 e. The smallest absolute Gasteiger partial charge is 0.121 e. The Hall–Kier alpha value is -1.59. The van der Waals surface area contributed by atoms with Crippen LogP contribution in [0.25, 0.3) is 11.0 Å². The monoisotopic (exact) mass is 287 g/mol. The van der Waals surface area contributed by atoms with Gasteiger partial charge < -0.3 is 15.6 Å². The Morgan fingerprint density at radius 2 is 2.05 bits per heavy atom. The predicted octanol–water partition coefficient (Wildman–Crippen LogP) is 2.06. The van der Waals surface area contributed by atoms with E-state index in [1.165, 1.54) is 19.3 Å². The summed E-state index contributed by atoms with van der Waals surface area (Å²) < 4.78 is 0. The minimum atomic E-state index is 0.352. The van der Waals surface area contributed by atoms with Gasteiger partial charge in [0.05, 0.1) is 17.6 Å². The number of fused-ring (bicyclic) bond motifs is 1. The maximum atomic E-state index is 5.81. The van der Waals surface area contributed by atoms with Gasteiger partial charge in [-0.25, -0.2) is 4.98 Å². The molecule has 1 fully saturated rings. The van der Waals surface area contributed by atoms with E-state index in [0.717, 1.165) is 35.6 Å². The van der Waals surface area contributed by atoms with Gasteiger partial charge in [-0.1, -0.05) is 0 Å². The van der Waals surface area contributed by atoms with Crippen LogP contribution >= 0.6 is 0 Å². The van der Waals surface area contributed by atoms with E-state index in [0.29, 0.717) is 5.54 Å². The summed E-state index contributed by atoms with van der Waals surface area (Å²) in [6.07, 6.45) is 3.93. The van der Waals surface area contributed by atoms with Gasteiger partial charge in [0, 0.05) is 17.8 Å². The molecule has 0 bridgehead atoms. The van der Waals surface area contributed by atoms with Crippen LogP contribution in [0.4, 0.5) is 5.69 Å². The fourth-order valence-electron chi connectivity index (χ4n) is 3.30. The standard InChI is InChI=1S/C16H25N5/c1-20(2)16(7-4-8-16)11-21(3)10-15-18-13-6-5-12(17)9-14(13)19-15/h5-6,9H,4,7-8,10-11,17H2,1-3H3,(H,18,19). The van der Waals surface area contributed by atoms with Crippen molar-refractivity contribution in [1.82, 2.24) is 19.8 Å². The van der Waals surface area contributed by atoms with Gasteiger partial charge in [0.1, 0.15) is 5.82 Å². The van der Waals surface area contributed by atoms with Gasteiger partial charge in [-0.15, -0.1) is 0 Å². The van der Waals surface area contributed by atoms with Crippen molar-refractivity contribution in [2.45, 2.75) is 31.3 Å². The number of hydrogen-bond donors (Lipinski definition) is 2. The lowest BCUT2D eigenvalue weighted by Gasteiger charge is -2.49. The number of anilines is 1. The highest BCUT2D eigenvalue weighted by Gasteiger charge is 2.39. The molecule has 1 aliphatic rings. The summed E-state index contributed by atoms with van der Waals surface area (Å²) >= 11 is 0. The number of H-pyrrole nitrogens is 1. The molecule has 114 valence electrons. The van der Waals surface area contributed by atoms with Crippen molar-refractivity contribution in [3.8, 4) is 0 Å². The summed E-state index contributed by atoms with van der Waals surface area (Å²) in [7, 11) is 6.55. The molecule has 1 aromatic carbocycles. The van der Waals surface area contributed by atoms with Gasteiger partial charge >= 0.3 is 0 Å². The fourth-order valence-corrected chi connectivity index (χ4v) is 3.30. The normalized spacial score (nSPS) is 17.6. The van der Waals surface area contributed by atoms with E-state index in [2.05, 4.69) is 40.9 Å². The number of likely N-dealkylation sites (N-methyl/N-ethyl adjacent to an activating group) is 2. The molecule has 1 aliphatic carbocycles. The molecular formula is C16H25N5. The lowest BCUT2D eigenvalue weighted by Crippen LogP contribution is -2.56. The number of hydrogen-bond acceptors (Lipinski definition) is 4. The molecule has 3 N–H and O–H groups in total. The molecule has 1 saturated carbocycles. The van der Waals surface area contributed by atoms with Crippen molar-refractivity contribution < 1.29 is 0 Å². The fraction of sp³-hybridized carbons (Fsp3) is 0.562. The van der Waals surface area contributed by atoms with Crippen molar-refractivity contribution in [1.29, 1.82) is 0 Å². The maximum absolute atomic E-state index is 5.81. The molecular weight excluding hydrogens is 262 g/mol. The molecule has 0 unspecified atom stereocenters. The first-order valence-corrected chi connectivity index (χ1v) is 7.59. The average molecular weight is 287 g/mol. The highest BCUT2D eigenvalue weighted by atomic mass is 15.2. The molecule has 5 nitrogen and oxygen atoms in total. The lowest BCUT2D eigenvalue weighted by molar-refractivity contribution is 0.0254.